The van der Waals surface area contributed by atoms with E-state index in [1.807, 2.05) is 19.1 Å². The number of ether oxygens (including phenoxy) is 2. The second-order valence-corrected chi connectivity index (χ2v) is 8.96. The number of alkyl halides is 3. The first-order valence-corrected chi connectivity index (χ1v) is 13.2. The molecule has 39 heavy (non-hydrogen) atoms. The van der Waals surface area contributed by atoms with Crippen LogP contribution in [0.3, 0.4) is 0 Å². The molecule has 0 bridgehead atoms. The van der Waals surface area contributed by atoms with E-state index in [1.54, 1.807) is 6.07 Å². The summed E-state index contributed by atoms with van der Waals surface area (Å²) >= 11 is 0. The van der Waals surface area contributed by atoms with Crippen LogP contribution < -0.4 is 10.1 Å². The number of amides is 1. The van der Waals surface area contributed by atoms with E-state index in [2.05, 4.69) is 27.6 Å². The predicted octanol–water partition coefficient (Wildman–Crippen LogP) is 6.70. The zero-order valence-electron chi connectivity index (χ0n) is 22.6. The maximum Gasteiger partial charge on any atom is 0.416 e. The van der Waals surface area contributed by atoms with Gasteiger partial charge in [-0.2, -0.15) is 13.2 Å². The minimum Gasteiger partial charge on any atom is -0.493 e. The lowest BCUT2D eigenvalue weighted by Gasteiger charge is -2.12. The van der Waals surface area contributed by atoms with Crippen molar-refractivity contribution < 1.29 is 37.1 Å². The third kappa shape index (κ3) is 16.3. The molecule has 1 aromatic carbocycles. The predicted molar refractivity (Wildman–Crippen MR) is 142 cm³/mol. The molecule has 1 aromatic rings. The van der Waals surface area contributed by atoms with Gasteiger partial charge in [-0.05, 0) is 70.1 Å². The number of hydrogen-bond acceptors (Lipinski definition) is 7. The Hall–Kier alpha value is -3.37. The minimum absolute atomic E-state index is 0.0773. The van der Waals surface area contributed by atoms with Crippen molar-refractivity contribution in [1.82, 2.24) is 5.32 Å². The van der Waals surface area contributed by atoms with Crippen LogP contribution in [0.2, 0.25) is 0 Å². The lowest BCUT2D eigenvalue weighted by molar-refractivity contribution is -0.148. The highest BCUT2D eigenvalue weighted by Crippen LogP contribution is 2.31. The fourth-order valence-corrected chi connectivity index (χ4v) is 3.71. The van der Waals surface area contributed by atoms with Crippen LogP contribution in [0.15, 0.2) is 53.9 Å². The van der Waals surface area contributed by atoms with Gasteiger partial charge in [0.25, 0.3) is 0 Å². The number of nitrogens with one attached hydrogen (secondary N) is 1. The third-order valence-corrected chi connectivity index (χ3v) is 5.74. The Balaban J connectivity index is 0.000000391. The lowest BCUT2D eigenvalue weighted by Crippen LogP contribution is -2.39. The highest BCUT2D eigenvalue weighted by Gasteiger charge is 2.30. The van der Waals surface area contributed by atoms with Gasteiger partial charge in [0.2, 0.25) is 5.91 Å². The van der Waals surface area contributed by atoms with Crippen molar-refractivity contribution in [2.75, 3.05) is 19.8 Å². The Morgan fingerprint density at radius 3 is 2.54 bits per heavy atom. The number of halogens is 3. The summed E-state index contributed by atoms with van der Waals surface area (Å²) in [5, 5.41) is 4.69. The molecule has 8 nitrogen and oxygen atoms in total. The van der Waals surface area contributed by atoms with E-state index in [9.17, 15) is 27.7 Å². The van der Waals surface area contributed by atoms with Crippen molar-refractivity contribution in [2.24, 2.45) is 11.3 Å². The molecule has 0 saturated heterocycles. The maximum atomic E-state index is 12.5. The van der Waals surface area contributed by atoms with Crippen molar-refractivity contribution >= 4 is 11.9 Å². The first-order valence-electron chi connectivity index (χ1n) is 13.2. The number of rotatable bonds is 15. The van der Waals surface area contributed by atoms with E-state index in [0.29, 0.717) is 18.9 Å². The summed E-state index contributed by atoms with van der Waals surface area (Å²) in [6.07, 6.45) is 11.6. The first kappa shape index (κ1) is 33.7. The van der Waals surface area contributed by atoms with E-state index in [-0.39, 0.29) is 24.9 Å². The van der Waals surface area contributed by atoms with Crippen molar-refractivity contribution in [3.8, 4) is 5.75 Å². The second-order valence-electron chi connectivity index (χ2n) is 8.96. The fourth-order valence-electron chi connectivity index (χ4n) is 3.71. The number of carbonyl (C=O) groups is 2. The summed E-state index contributed by atoms with van der Waals surface area (Å²) in [4.78, 5) is 36.6. The Bertz CT molecular complexity index is 915. The number of nitrogens with zero attached hydrogens (tertiary/aromatic N) is 1. The summed E-state index contributed by atoms with van der Waals surface area (Å²) in [6, 6.07) is 4.29. The molecule has 1 N–H and O–H groups in total. The lowest BCUT2D eigenvalue weighted by atomic mass is 10.1. The molecule has 1 aliphatic carbocycles. The smallest absolute Gasteiger partial charge is 0.416 e. The molecule has 11 heteroatoms. The highest BCUT2D eigenvalue weighted by molar-refractivity contribution is 5.84. The molecule has 2 rings (SSSR count). The molecular formula is C28H39F3N2O6. The van der Waals surface area contributed by atoms with Crippen LogP contribution in [0.5, 0.6) is 5.75 Å². The normalized spacial score (nSPS) is 14.5. The number of allylic oxidation sites excluding steroid dienone is 3. The summed E-state index contributed by atoms with van der Waals surface area (Å²) < 4.78 is 47.7. The molecule has 0 spiro atoms. The first-order chi connectivity index (χ1) is 18.7. The van der Waals surface area contributed by atoms with Gasteiger partial charge < -0.3 is 19.6 Å². The average molecular weight is 557 g/mol. The topological polar surface area (TPSA) is 103 Å². The number of carbonyl (C=O) groups excluding carboxylic acids is 2. The molecule has 0 heterocycles. The van der Waals surface area contributed by atoms with E-state index >= 15 is 0 Å². The standard InChI is InChI=1S/C16H19F3O.C12H20N2O5/c17-16(18,19)14-9-5-10-15(12-14)20-11-4-3-8-13-6-1-2-7-13;1-3-4-5-6-7-11(15)13-10(2)12(16)18-8-9-19-14-17/h3,5,8-10,12-13H,1-2,4,6-7,11H2;3-4,10H,5-9H2,1-2H3,(H,13,15)/b8-3+;. The number of unbranched alkanes of at least 4 members (excludes halogenated alkanes) is 1. The van der Waals surface area contributed by atoms with Crippen LogP contribution in [0, 0.1) is 10.8 Å². The van der Waals surface area contributed by atoms with Gasteiger partial charge in [0.05, 0.1) is 12.2 Å². The molecule has 0 aromatic heterocycles. The average Bonchev–Trinajstić information content (AvgIpc) is 3.42. The van der Waals surface area contributed by atoms with Crippen LogP contribution >= 0.6 is 0 Å². The molecule has 0 aliphatic heterocycles. The minimum atomic E-state index is -4.32. The molecule has 1 aliphatic rings. The van der Waals surface area contributed by atoms with Crippen LogP contribution in [-0.4, -0.2) is 37.7 Å². The zero-order valence-corrected chi connectivity index (χ0v) is 22.6. The number of benzene rings is 1. The van der Waals surface area contributed by atoms with Gasteiger partial charge in [-0.1, -0.05) is 43.2 Å². The molecule has 1 atom stereocenters. The van der Waals surface area contributed by atoms with Gasteiger partial charge in [-0.15, -0.1) is 4.91 Å². The fraction of sp³-hybridized carbons (Fsp3) is 0.571. The van der Waals surface area contributed by atoms with Crippen molar-refractivity contribution in [3.05, 3.63) is 59.0 Å². The van der Waals surface area contributed by atoms with Gasteiger partial charge in [0.15, 0.2) is 11.9 Å². The van der Waals surface area contributed by atoms with E-state index < -0.39 is 23.8 Å². The largest absolute Gasteiger partial charge is 0.493 e. The molecule has 1 fully saturated rings. The maximum absolute atomic E-state index is 12.5. The summed E-state index contributed by atoms with van der Waals surface area (Å²) in [5.74, 6) is 0.189. The Kier molecular flexibility index (Phi) is 17.0. The van der Waals surface area contributed by atoms with Gasteiger partial charge in [-0.25, -0.2) is 4.79 Å². The van der Waals surface area contributed by atoms with Crippen LogP contribution in [0.25, 0.3) is 0 Å². The van der Waals surface area contributed by atoms with Crippen molar-refractivity contribution in [1.29, 1.82) is 0 Å². The summed E-state index contributed by atoms with van der Waals surface area (Å²) in [5.41, 5.74) is -0.670. The van der Waals surface area contributed by atoms with E-state index in [1.165, 1.54) is 38.7 Å². The molecule has 1 saturated carbocycles. The van der Waals surface area contributed by atoms with Gasteiger partial charge in [0.1, 0.15) is 18.4 Å². The molecule has 1 unspecified atom stereocenters. The summed E-state index contributed by atoms with van der Waals surface area (Å²) in [7, 11) is 0. The van der Waals surface area contributed by atoms with Crippen molar-refractivity contribution in [2.45, 2.75) is 77.4 Å². The molecule has 1 amide bonds. The van der Waals surface area contributed by atoms with Crippen molar-refractivity contribution in [3.63, 3.8) is 0 Å². The Morgan fingerprint density at radius 2 is 1.87 bits per heavy atom. The highest BCUT2D eigenvalue weighted by atomic mass is 19.4. The number of hydrogen-bond donors (Lipinski definition) is 1. The molecule has 0 radical (unpaired) electrons. The summed E-state index contributed by atoms with van der Waals surface area (Å²) in [6.45, 7) is 3.68. The van der Waals surface area contributed by atoms with Gasteiger partial charge in [-0.3, -0.25) is 4.79 Å². The monoisotopic (exact) mass is 556 g/mol. The Labute approximate surface area is 227 Å². The van der Waals surface area contributed by atoms with Crippen LogP contribution in [0.4, 0.5) is 13.2 Å². The molecule has 218 valence electrons. The molecular weight excluding hydrogens is 517 g/mol. The number of esters is 1. The second kappa shape index (κ2) is 19.7. The van der Waals surface area contributed by atoms with Crippen LogP contribution in [0.1, 0.15) is 70.8 Å². The SMILES string of the molecule is CC=CCCCC(=O)NC(C)C(=O)OCCON=O.FC(F)(F)c1cccc(OCC/C=C/C2CCCC2)c1. The van der Waals surface area contributed by atoms with E-state index in [0.717, 1.165) is 31.4 Å². The zero-order chi connectivity index (χ0) is 28.9. The van der Waals surface area contributed by atoms with Crippen LogP contribution in [-0.2, 0) is 25.3 Å². The van der Waals surface area contributed by atoms with Gasteiger partial charge in [0, 0.05) is 6.42 Å². The van der Waals surface area contributed by atoms with Gasteiger partial charge >= 0.3 is 12.1 Å². The van der Waals surface area contributed by atoms with E-state index in [4.69, 9.17) is 9.47 Å². The third-order valence-electron chi connectivity index (χ3n) is 5.74. The Morgan fingerprint density at radius 1 is 1.13 bits per heavy atom. The quantitative estimate of drug-likeness (QED) is 0.0848.